The largest absolute Gasteiger partial charge is 0.544 e. The first kappa shape index (κ1) is 22.0. The number of alkyl halides is 1. The van der Waals surface area contributed by atoms with Crippen molar-refractivity contribution in [2.75, 3.05) is 6.61 Å². The van der Waals surface area contributed by atoms with Gasteiger partial charge in [-0.05, 0) is 39.8 Å². The van der Waals surface area contributed by atoms with Crippen LogP contribution in [-0.4, -0.2) is 48.0 Å². The molecule has 1 aliphatic rings. The van der Waals surface area contributed by atoms with Gasteiger partial charge in [0.05, 0.1) is 18.3 Å². The summed E-state index contributed by atoms with van der Waals surface area (Å²) < 4.78 is 35.4. The van der Waals surface area contributed by atoms with Gasteiger partial charge in [0.2, 0.25) is 0 Å². The average molecular weight is 404 g/mol. The molecule has 0 spiro atoms. The Balaban J connectivity index is 2.04. The summed E-state index contributed by atoms with van der Waals surface area (Å²) in [5.41, 5.74) is 0. The standard InChI is InChI=1S/C18H28FNO6P/c1-12(2)24-18(21)13(3)20-27(22,26-15-8-6-5-7-9-15)23-11-16-10-17(19)14(4)25-16/h5-9,12-14,16-17,20,22H,10-11H2,1-4H3/q+1. The molecule has 0 aromatic heterocycles. The molecule has 0 radical (unpaired) electrons. The number of hydrogen-bond acceptors (Lipinski definition) is 7. The highest BCUT2D eigenvalue weighted by molar-refractivity contribution is 7.58. The first-order chi connectivity index (χ1) is 12.7. The van der Waals surface area contributed by atoms with Gasteiger partial charge in [-0.2, -0.15) is 9.42 Å². The lowest BCUT2D eigenvalue weighted by Gasteiger charge is -2.22. The van der Waals surface area contributed by atoms with Gasteiger partial charge in [0.25, 0.3) is 0 Å². The summed E-state index contributed by atoms with van der Waals surface area (Å²) in [5.74, 6) is -0.174. The fraction of sp³-hybridized carbons (Fsp3) is 0.611. The van der Waals surface area contributed by atoms with E-state index in [1.165, 1.54) is 0 Å². The van der Waals surface area contributed by atoms with Crippen molar-refractivity contribution in [2.24, 2.45) is 0 Å². The van der Waals surface area contributed by atoms with E-state index in [4.69, 9.17) is 18.5 Å². The third-order valence-electron chi connectivity index (χ3n) is 3.87. The molecule has 9 heteroatoms. The fourth-order valence-electron chi connectivity index (χ4n) is 2.52. The highest BCUT2D eigenvalue weighted by Gasteiger charge is 2.48. The van der Waals surface area contributed by atoms with E-state index in [-0.39, 0.29) is 19.1 Å². The molecule has 1 fully saturated rings. The number of nitrogens with one attached hydrogen (secondary N) is 1. The lowest BCUT2D eigenvalue weighted by molar-refractivity contribution is -0.149. The van der Waals surface area contributed by atoms with Crippen LogP contribution in [0.4, 0.5) is 4.39 Å². The van der Waals surface area contributed by atoms with Crippen molar-refractivity contribution in [3.63, 3.8) is 0 Å². The molecule has 7 nitrogen and oxygen atoms in total. The van der Waals surface area contributed by atoms with Crippen LogP contribution in [0, 0.1) is 0 Å². The first-order valence-corrected chi connectivity index (χ1v) is 10.5. The Labute approximate surface area is 159 Å². The summed E-state index contributed by atoms with van der Waals surface area (Å²) in [4.78, 5) is 23.0. The van der Waals surface area contributed by atoms with Crippen LogP contribution in [0.2, 0.25) is 0 Å². The zero-order valence-electron chi connectivity index (χ0n) is 16.0. The molecule has 0 aliphatic carbocycles. The van der Waals surface area contributed by atoms with E-state index in [1.54, 1.807) is 58.0 Å². The summed E-state index contributed by atoms with van der Waals surface area (Å²) in [5, 5.41) is 2.69. The number of rotatable bonds is 9. The molecule has 1 aliphatic heterocycles. The molecule has 1 aromatic carbocycles. The predicted molar refractivity (Wildman–Crippen MR) is 99.8 cm³/mol. The molecular formula is C18H28FNO6P+. The van der Waals surface area contributed by atoms with E-state index in [0.29, 0.717) is 5.75 Å². The van der Waals surface area contributed by atoms with Gasteiger partial charge >= 0.3 is 14.1 Å². The van der Waals surface area contributed by atoms with Gasteiger partial charge in [0.1, 0.15) is 18.8 Å². The molecule has 2 N–H and O–H groups in total. The predicted octanol–water partition coefficient (Wildman–Crippen LogP) is 3.20. The number of benzene rings is 1. The monoisotopic (exact) mass is 404 g/mol. The van der Waals surface area contributed by atoms with Crippen LogP contribution in [0.3, 0.4) is 0 Å². The normalized spacial score (nSPS) is 25.8. The lowest BCUT2D eigenvalue weighted by Crippen LogP contribution is -2.39. The van der Waals surface area contributed by atoms with Gasteiger partial charge in [0, 0.05) is 6.42 Å². The maximum Gasteiger partial charge on any atom is 0.544 e. The lowest BCUT2D eigenvalue weighted by atomic mass is 10.2. The van der Waals surface area contributed by atoms with Crippen molar-refractivity contribution in [1.29, 1.82) is 0 Å². The molecule has 5 unspecified atom stereocenters. The number of para-hydroxylation sites is 1. The van der Waals surface area contributed by atoms with Crippen LogP contribution in [-0.2, 0) is 18.8 Å². The quantitative estimate of drug-likeness (QED) is 0.483. The molecule has 5 atom stereocenters. The Morgan fingerprint density at radius 2 is 2.04 bits per heavy atom. The molecule has 152 valence electrons. The molecular weight excluding hydrogens is 376 g/mol. The second-order valence-corrected chi connectivity index (χ2v) is 8.51. The fourth-order valence-corrected chi connectivity index (χ4v) is 4.08. The Hall–Kier alpha value is -1.31. The summed E-state index contributed by atoms with van der Waals surface area (Å²) in [7, 11) is -3.69. The SMILES string of the molecule is CC(C)OC(=O)C(C)N[P+](O)(OCC1CC(F)C(C)O1)Oc1ccccc1. The zero-order chi connectivity index (χ0) is 20.0. The molecule has 1 saturated heterocycles. The van der Waals surface area contributed by atoms with Crippen LogP contribution in [0.5, 0.6) is 5.75 Å². The van der Waals surface area contributed by atoms with Gasteiger partial charge in [-0.3, -0.25) is 9.32 Å². The van der Waals surface area contributed by atoms with Crippen molar-refractivity contribution in [3.05, 3.63) is 30.3 Å². The topological polar surface area (TPSA) is 86.3 Å². The van der Waals surface area contributed by atoms with E-state index >= 15 is 0 Å². The van der Waals surface area contributed by atoms with Crippen LogP contribution in [0.15, 0.2) is 30.3 Å². The number of hydrogen-bond donors (Lipinski definition) is 2. The third kappa shape index (κ3) is 6.97. The highest BCUT2D eigenvalue weighted by Crippen LogP contribution is 2.53. The van der Waals surface area contributed by atoms with Crippen molar-refractivity contribution in [3.8, 4) is 5.75 Å². The highest BCUT2D eigenvalue weighted by atomic mass is 31.2. The van der Waals surface area contributed by atoms with Crippen LogP contribution in [0.25, 0.3) is 0 Å². The van der Waals surface area contributed by atoms with Crippen LogP contribution >= 0.6 is 8.09 Å². The summed E-state index contributed by atoms with van der Waals surface area (Å²) in [6, 6.07) is 7.72. The van der Waals surface area contributed by atoms with E-state index in [1.807, 2.05) is 0 Å². The smallest absolute Gasteiger partial charge is 0.462 e. The Morgan fingerprint density at radius 3 is 2.59 bits per heavy atom. The van der Waals surface area contributed by atoms with Crippen LogP contribution < -0.4 is 9.61 Å². The van der Waals surface area contributed by atoms with Gasteiger partial charge in [0.15, 0.2) is 5.75 Å². The number of ether oxygens (including phenoxy) is 2. The molecule has 1 aromatic rings. The summed E-state index contributed by atoms with van der Waals surface area (Å²) in [6.45, 7) is 6.58. The van der Waals surface area contributed by atoms with Crippen LogP contribution in [0.1, 0.15) is 34.1 Å². The molecule has 0 saturated carbocycles. The van der Waals surface area contributed by atoms with Gasteiger partial charge < -0.3 is 9.47 Å². The van der Waals surface area contributed by atoms with Gasteiger partial charge in [-0.1, -0.05) is 23.3 Å². The number of esters is 1. The van der Waals surface area contributed by atoms with Crippen molar-refractivity contribution < 1.29 is 32.6 Å². The summed E-state index contributed by atoms with van der Waals surface area (Å²) >= 11 is 0. The van der Waals surface area contributed by atoms with Gasteiger partial charge in [-0.15, -0.1) is 0 Å². The van der Waals surface area contributed by atoms with Crippen molar-refractivity contribution in [2.45, 2.75) is 64.6 Å². The summed E-state index contributed by atoms with van der Waals surface area (Å²) in [6.07, 6.45) is -2.21. The Kier molecular flexibility index (Phi) is 7.94. The second-order valence-electron chi connectivity index (χ2n) is 6.77. The van der Waals surface area contributed by atoms with E-state index in [0.717, 1.165) is 0 Å². The second kappa shape index (κ2) is 9.75. The average Bonchev–Trinajstić information content (AvgIpc) is 2.91. The maximum atomic E-state index is 13.6. The Bertz CT molecular complexity index is 597. The van der Waals surface area contributed by atoms with Crippen molar-refractivity contribution in [1.82, 2.24) is 5.09 Å². The minimum absolute atomic E-state index is 0.0686. The molecule has 0 bridgehead atoms. The van der Waals surface area contributed by atoms with Gasteiger partial charge in [-0.25, -0.2) is 4.39 Å². The molecule has 2 rings (SSSR count). The number of carbonyl (C=O) groups is 1. The van der Waals surface area contributed by atoms with E-state index in [9.17, 15) is 14.1 Å². The molecule has 27 heavy (non-hydrogen) atoms. The van der Waals surface area contributed by atoms with Crippen molar-refractivity contribution >= 4 is 14.1 Å². The zero-order valence-corrected chi connectivity index (χ0v) is 16.9. The number of carbonyl (C=O) groups excluding carboxylic acids is 1. The maximum absolute atomic E-state index is 13.6. The minimum Gasteiger partial charge on any atom is -0.462 e. The van der Waals surface area contributed by atoms with E-state index in [2.05, 4.69) is 5.09 Å². The Morgan fingerprint density at radius 1 is 1.37 bits per heavy atom. The number of halogens is 1. The molecule has 1 heterocycles. The molecule has 0 amide bonds. The minimum atomic E-state index is -3.69. The first-order valence-electron chi connectivity index (χ1n) is 8.97. The van der Waals surface area contributed by atoms with E-state index < -0.39 is 38.5 Å². The third-order valence-corrected chi connectivity index (χ3v) is 5.55.